The fourth-order valence-electron chi connectivity index (χ4n) is 3.76. The van der Waals surface area contributed by atoms with Crippen LogP contribution in [0, 0.1) is 0 Å². The number of unbranched alkanes of at least 4 members (excludes halogenated alkanes) is 2. The van der Waals surface area contributed by atoms with Crippen LogP contribution >= 0.6 is 11.8 Å². The van der Waals surface area contributed by atoms with E-state index in [4.69, 9.17) is 14.2 Å². The van der Waals surface area contributed by atoms with Crippen LogP contribution in [0.15, 0.2) is 34.5 Å². The summed E-state index contributed by atoms with van der Waals surface area (Å²) in [6.45, 7) is 8.15. The van der Waals surface area contributed by atoms with Crippen LogP contribution < -0.4 is 9.47 Å². The number of amides is 1. The van der Waals surface area contributed by atoms with Gasteiger partial charge in [0.2, 0.25) is 5.91 Å². The molecule has 174 valence electrons. The van der Waals surface area contributed by atoms with Crippen molar-refractivity contribution in [3.05, 3.63) is 35.0 Å². The molecule has 0 spiro atoms. The van der Waals surface area contributed by atoms with Crippen LogP contribution in [-0.2, 0) is 14.3 Å². The summed E-state index contributed by atoms with van der Waals surface area (Å²) in [4.78, 5) is 32.2. The average Bonchev–Trinajstić information content (AvgIpc) is 2.75. The summed E-state index contributed by atoms with van der Waals surface area (Å²) in [6, 6.07) is 4.93. The molecule has 1 saturated heterocycles. The normalized spacial score (nSPS) is 18.4. The lowest BCUT2D eigenvalue weighted by Gasteiger charge is -2.39. The molecule has 0 saturated carbocycles. The summed E-state index contributed by atoms with van der Waals surface area (Å²) in [7, 11) is 1.59. The van der Waals surface area contributed by atoms with Gasteiger partial charge in [0.25, 0.3) is 0 Å². The van der Waals surface area contributed by atoms with Gasteiger partial charge >= 0.3 is 5.97 Å². The number of nitrogens with zero attached hydrogens (tertiary/aromatic N) is 2. The smallest absolute Gasteiger partial charge is 0.338 e. The van der Waals surface area contributed by atoms with Crippen molar-refractivity contribution in [1.82, 2.24) is 4.90 Å². The molecule has 0 radical (unpaired) electrons. The largest absolute Gasteiger partial charge is 0.493 e. The van der Waals surface area contributed by atoms with Gasteiger partial charge in [-0.15, -0.1) is 0 Å². The maximum atomic E-state index is 13.1. The molecule has 0 unspecified atom stereocenters. The highest BCUT2D eigenvalue weighted by atomic mass is 32.2. The van der Waals surface area contributed by atoms with Crippen LogP contribution in [0.1, 0.15) is 65.0 Å². The van der Waals surface area contributed by atoms with Gasteiger partial charge < -0.3 is 14.2 Å². The number of rotatable bonds is 9. The highest BCUT2D eigenvalue weighted by molar-refractivity contribution is 8.14. The van der Waals surface area contributed by atoms with E-state index >= 15 is 0 Å². The number of methoxy groups -OCH3 is 1. The SMILES string of the molecule is CCCCCOc1ccc([C@H]2C(C(=O)OC(C)C)=C(C)N=C3SCCC(=O)N32)cc1OC. The number of thioether (sulfide) groups is 1. The van der Waals surface area contributed by atoms with E-state index in [1.807, 2.05) is 18.2 Å². The van der Waals surface area contributed by atoms with Gasteiger partial charge in [0, 0.05) is 12.2 Å². The first-order chi connectivity index (χ1) is 15.4. The van der Waals surface area contributed by atoms with Crippen LogP contribution in [0.3, 0.4) is 0 Å². The molecule has 1 aromatic rings. The molecule has 2 heterocycles. The summed E-state index contributed by atoms with van der Waals surface area (Å²) in [5.41, 5.74) is 1.69. The number of benzene rings is 1. The Balaban J connectivity index is 2.01. The van der Waals surface area contributed by atoms with Crippen LogP contribution in [0.25, 0.3) is 0 Å². The molecule has 8 heteroatoms. The molecule has 3 rings (SSSR count). The lowest BCUT2D eigenvalue weighted by molar-refractivity contribution is -0.143. The van der Waals surface area contributed by atoms with E-state index in [2.05, 4.69) is 11.9 Å². The molecule has 0 N–H and O–H groups in total. The van der Waals surface area contributed by atoms with E-state index in [9.17, 15) is 9.59 Å². The van der Waals surface area contributed by atoms with E-state index in [1.165, 1.54) is 11.8 Å². The number of hydrogen-bond acceptors (Lipinski definition) is 7. The van der Waals surface area contributed by atoms with E-state index < -0.39 is 12.0 Å². The van der Waals surface area contributed by atoms with Crippen molar-refractivity contribution in [3.63, 3.8) is 0 Å². The summed E-state index contributed by atoms with van der Waals surface area (Å²) < 4.78 is 17.0. The number of fused-ring (bicyclic) bond motifs is 1. The molecule has 2 aliphatic rings. The Morgan fingerprint density at radius 2 is 2.06 bits per heavy atom. The Bertz CT molecular complexity index is 925. The first kappa shape index (κ1) is 24.2. The number of ether oxygens (including phenoxy) is 3. The molecule has 1 atom stereocenters. The van der Waals surface area contributed by atoms with E-state index in [1.54, 1.807) is 32.8 Å². The van der Waals surface area contributed by atoms with Crippen molar-refractivity contribution in [3.8, 4) is 11.5 Å². The Kier molecular flexibility index (Phi) is 8.23. The minimum absolute atomic E-state index is 0.0614. The summed E-state index contributed by atoms with van der Waals surface area (Å²) >= 11 is 1.52. The average molecular weight is 461 g/mol. The standard InChI is InChI=1S/C24H32N2O5S/c1-6-7-8-12-30-18-10-9-17(14-19(18)29-5)22-21(23(28)31-15(2)3)16(4)25-24-26(22)20(27)11-13-32-24/h9-10,14-15,22H,6-8,11-13H2,1-5H3/t22-/m0/s1. The van der Waals surface area contributed by atoms with Crippen molar-refractivity contribution in [2.45, 2.75) is 65.5 Å². The summed E-state index contributed by atoms with van der Waals surface area (Å²) in [5, 5.41) is 0.615. The number of allylic oxidation sites excluding steroid dienone is 1. The van der Waals surface area contributed by atoms with Gasteiger partial charge in [0.1, 0.15) is 0 Å². The molecule has 0 bridgehead atoms. The number of amidine groups is 1. The Morgan fingerprint density at radius 1 is 1.28 bits per heavy atom. The third kappa shape index (κ3) is 5.28. The maximum Gasteiger partial charge on any atom is 0.338 e. The molecule has 1 amide bonds. The van der Waals surface area contributed by atoms with E-state index in [0.29, 0.717) is 46.7 Å². The van der Waals surface area contributed by atoms with E-state index in [-0.39, 0.29) is 12.0 Å². The molecule has 1 aromatic carbocycles. The zero-order chi connectivity index (χ0) is 23.3. The second kappa shape index (κ2) is 10.9. The van der Waals surface area contributed by atoms with Gasteiger partial charge in [-0.3, -0.25) is 9.69 Å². The van der Waals surface area contributed by atoms with Crippen LogP contribution in [0.5, 0.6) is 11.5 Å². The molecule has 0 aromatic heterocycles. The molecular weight excluding hydrogens is 428 g/mol. The minimum atomic E-state index is -0.628. The first-order valence-electron chi connectivity index (χ1n) is 11.1. The van der Waals surface area contributed by atoms with Crippen molar-refractivity contribution in [2.75, 3.05) is 19.5 Å². The molecule has 7 nitrogen and oxygen atoms in total. The molecule has 1 fully saturated rings. The lowest BCUT2D eigenvalue weighted by atomic mass is 9.93. The van der Waals surface area contributed by atoms with E-state index in [0.717, 1.165) is 24.8 Å². The number of carbonyl (C=O) groups is 2. The number of carbonyl (C=O) groups excluding carboxylic acids is 2. The number of aliphatic imine (C=N–C) groups is 1. The zero-order valence-corrected chi connectivity index (χ0v) is 20.3. The van der Waals surface area contributed by atoms with Crippen molar-refractivity contribution < 1.29 is 23.8 Å². The van der Waals surface area contributed by atoms with Crippen molar-refractivity contribution in [1.29, 1.82) is 0 Å². The monoisotopic (exact) mass is 460 g/mol. The Hall–Kier alpha value is -2.48. The van der Waals surface area contributed by atoms with Gasteiger partial charge in [0.15, 0.2) is 16.7 Å². The minimum Gasteiger partial charge on any atom is -0.493 e. The van der Waals surface area contributed by atoms with Gasteiger partial charge in [-0.05, 0) is 44.9 Å². The highest BCUT2D eigenvalue weighted by Gasteiger charge is 2.42. The van der Waals surface area contributed by atoms with Crippen LogP contribution in [0.2, 0.25) is 0 Å². The van der Waals surface area contributed by atoms with Gasteiger partial charge in [0.05, 0.1) is 37.1 Å². The third-order valence-corrected chi connectivity index (χ3v) is 6.23. The van der Waals surface area contributed by atoms with Crippen LogP contribution in [0.4, 0.5) is 0 Å². The van der Waals surface area contributed by atoms with Gasteiger partial charge in [-0.2, -0.15) is 0 Å². The predicted molar refractivity (Wildman–Crippen MR) is 126 cm³/mol. The molecular formula is C24H32N2O5S. The predicted octanol–water partition coefficient (Wildman–Crippen LogP) is 4.87. The topological polar surface area (TPSA) is 77.4 Å². The number of esters is 1. The molecule has 2 aliphatic heterocycles. The number of hydrogen-bond donors (Lipinski definition) is 0. The highest BCUT2D eigenvalue weighted by Crippen LogP contribution is 2.42. The van der Waals surface area contributed by atoms with Crippen molar-refractivity contribution in [2.24, 2.45) is 4.99 Å². The molecule has 0 aliphatic carbocycles. The summed E-state index contributed by atoms with van der Waals surface area (Å²) in [5.74, 6) is 1.35. The fourth-order valence-corrected chi connectivity index (χ4v) is 4.76. The van der Waals surface area contributed by atoms with Crippen LogP contribution in [-0.4, -0.2) is 47.5 Å². The molecule has 32 heavy (non-hydrogen) atoms. The lowest BCUT2D eigenvalue weighted by Crippen LogP contribution is -2.46. The maximum absolute atomic E-state index is 13.1. The van der Waals surface area contributed by atoms with Gasteiger partial charge in [-0.25, -0.2) is 9.79 Å². The van der Waals surface area contributed by atoms with Gasteiger partial charge in [-0.1, -0.05) is 37.6 Å². The quantitative estimate of drug-likeness (QED) is 0.387. The second-order valence-electron chi connectivity index (χ2n) is 8.08. The third-order valence-electron chi connectivity index (χ3n) is 5.28. The zero-order valence-electron chi connectivity index (χ0n) is 19.5. The Morgan fingerprint density at radius 3 is 2.75 bits per heavy atom. The second-order valence-corrected chi connectivity index (χ2v) is 9.14. The fraction of sp³-hybridized carbons (Fsp3) is 0.542. The Labute approximate surface area is 194 Å². The first-order valence-corrected chi connectivity index (χ1v) is 12.1. The summed E-state index contributed by atoms with van der Waals surface area (Å²) in [6.07, 6.45) is 3.30. The van der Waals surface area contributed by atoms with Crippen molar-refractivity contribution >= 4 is 28.8 Å².